The molecule has 1 aromatic heterocycles. The number of carbonyl (C=O) groups excluding carboxylic acids is 2. The van der Waals surface area contributed by atoms with Gasteiger partial charge in [-0.1, -0.05) is 0 Å². The van der Waals surface area contributed by atoms with Crippen molar-refractivity contribution in [3.63, 3.8) is 0 Å². The molecule has 1 aromatic rings. The van der Waals surface area contributed by atoms with Crippen molar-refractivity contribution >= 4 is 17.8 Å². The molecule has 1 aliphatic rings. The number of rotatable bonds is 2. The summed E-state index contributed by atoms with van der Waals surface area (Å²) >= 11 is 0. The van der Waals surface area contributed by atoms with Crippen molar-refractivity contribution in [3.8, 4) is 0 Å². The Balaban J connectivity index is 1.91. The van der Waals surface area contributed by atoms with Gasteiger partial charge in [-0.3, -0.25) is 20.2 Å². The van der Waals surface area contributed by atoms with Crippen molar-refractivity contribution in [1.29, 1.82) is 0 Å². The van der Waals surface area contributed by atoms with E-state index in [1.54, 1.807) is 18.5 Å². The molecular formula is C9H11N5O2. The highest BCUT2D eigenvalue weighted by molar-refractivity contribution is 5.95. The van der Waals surface area contributed by atoms with Gasteiger partial charge in [-0.25, -0.2) is 9.97 Å². The number of amides is 2. The van der Waals surface area contributed by atoms with Crippen LogP contribution in [0.2, 0.25) is 0 Å². The van der Waals surface area contributed by atoms with E-state index in [1.165, 1.54) is 0 Å². The van der Waals surface area contributed by atoms with Crippen molar-refractivity contribution in [2.75, 3.05) is 18.4 Å². The average molecular weight is 221 g/mol. The first-order valence-corrected chi connectivity index (χ1v) is 4.83. The molecule has 2 heterocycles. The predicted molar refractivity (Wildman–Crippen MR) is 55.5 cm³/mol. The maximum absolute atomic E-state index is 11.7. The molecule has 0 radical (unpaired) electrons. The van der Waals surface area contributed by atoms with Crippen molar-refractivity contribution in [2.24, 2.45) is 0 Å². The Kier molecular flexibility index (Phi) is 3.06. The second kappa shape index (κ2) is 4.67. The number of nitrogens with one attached hydrogen (secondary N) is 3. The molecule has 1 unspecified atom stereocenters. The molecule has 0 spiro atoms. The van der Waals surface area contributed by atoms with Gasteiger partial charge in [0.15, 0.2) is 0 Å². The summed E-state index contributed by atoms with van der Waals surface area (Å²) in [5.74, 6) is -0.114. The number of aromatic nitrogens is 2. The Morgan fingerprint density at radius 2 is 2.19 bits per heavy atom. The van der Waals surface area contributed by atoms with E-state index in [1.807, 2.05) is 0 Å². The first kappa shape index (κ1) is 10.5. The molecule has 2 rings (SSSR count). The molecular weight excluding hydrogens is 210 g/mol. The van der Waals surface area contributed by atoms with Gasteiger partial charge in [0, 0.05) is 18.9 Å². The minimum atomic E-state index is -0.443. The monoisotopic (exact) mass is 221 g/mol. The van der Waals surface area contributed by atoms with Crippen LogP contribution in [0.1, 0.15) is 0 Å². The molecule has 1 atom stereocenters. The van der Waals surface area contributed by atoms with Gasteiger partial charge in [0.25, 0.3) is 0 Å². The molecule has 84 valence electrons. The SMILES string of the molecule is O=C1CNC(C(=O)Nc2ncccn2)CN1. The summed E-state index contributed by atoms with van der Waals surface area (Å²) in [5.41, 5.74) is 0. The van der Waals surface area contributed by atoms with Crippen LogP contribution in [0, 0.1) is 0 Å². The summed E-state index contributed by atoms with van der Waals surface area (Å²) in [6.45, 7) is 0.422. The molecule has 0 bridgehead atoms. The van der Waals surface area contributed by atoms with E-state index in [9.17, 15) is 9.59 Å². The molecule has 1 saturated heterocycles. The van der Waals surface area contributed by atoms with Crippen LogP contribution in [-0.2, 0) is 9.59 Å². The van der Waals surface area contributed by atoms with Gasteiger partial charge in [0.1, 0.15) is 6.04 Å². The zero-order valence-electron chi connectivity index (χ0n) is 8.43. The quantitative estimate of drug-likeness (QED) is 0.565. The van der Waals surface area contributed by atoms with E-state index >= 15 is 0 Å². The Morgan fingerprint density at radius 1 is 1.44 bits per heavy atom. The van der Waals surface area contributed by atoms with Crippen molar-refractivity contribution in [3.05, 3.63) is 18.5 Å². The topological polar surface area (TPSA) is 96.0 Å². The largest absolute Gasteiger partial charge is 0.353 e. The van der Waals surface area contributed by atoms with Crippen LogP contribution in [0.25, 0.3) is 0 Å². The maximum atomic E-state index is 11.7. The molecule has 0 aromatic carbocycles. The average Bonchev–Trinajstić information content (AvgIpc) is 2.31. The lowest BCUT2D eigenvalue weighted by molar-refractivity contribution is -0.124. The minimum Gasteiger partial charge on any atom is -0.353 e. The minimum absolute atomic E-state index is 0.111. The third-order valence-corrected chi connectivity index (χ3v) is 2.13. The van der Waals surface area contributed by atoms with Crippen LogP contribution in [0.5, 0.6) is 0 Å². The van der Waals surface area contributed by atoms with Crippen LogP contribution >= 0.6 is 0 Å². The van der Waals surface area contributed by atoms with Gasteiger partial charge in [-0.05, 0) is 6.07 Å². The first-order chi connectivity index (χ1) is 7.75. The van der Waals surface area contributed by atoms with Gasteiger partial charge in [-0.15, -0.1) is 0 Å². The summed E-state index contributed by atoms with van der Waals surface area (Å²) in [4.78, 5) is 30.3. The lowest BCUT2D eigenvalue weighted by Crippen LogP contribution is -2.56. The normalized spacial score (nSPS) is 20.0. The van der Waals surface area contributed by atoms with Gasteiger partial charge in [-0.2, -0.15) is 0 Å². The van der Waals surface area contributed by atoms with Crippen LogP contribution < -0.4 is 16.0 Å². The smallest absolute Gasteiger partial charge is 0.245 e. The van der Waals surface area contributed by atoms with Gasteiger partial charge < -0.3 is 5.32 Å². The van der Waals surface area contributed by atoms with Crippen LogP contribution in [0.15, 0.2) is 18.5 Å². The number of anilines is 1. The first-order valence-electron chi connectivity index (χ1n) is 4.83. The maximum Gasteiger partial charge on any atom is 0.245 e. The zero-order valence-corrected chi connectivity index (χ0v) is 8.43. The molecule has 0 aliphatic carbocycles. The number of nitrogens with zero attached hydrogens (tertiary/aromatic N) is 2. The summed E-state index contributed by atoms with van der Waals surface area (Å²) < 4.78 is 0. The lowest BCUT2D eigenvalue weighted by Gasteiger charge is -2.22. The number of carbonyl (C=O) groups is 2. The van der Waals surface area contributed by atoms with Gasteiger partial charge in [0.05, 0.1) is 6.54 Å². The molecule has 1 fully saturated rings. The summed E-state index contributed by atoms with van der Waals surface area (Å²) in [6.07, 6.45) is 3.08. The molecule has 0 saturated carbocycles. The number of hydrogen-bond donors (Lipinski definition) is 3. The molecule has 7 heteroatoms. The second-order valence-corrected chi connectivity index (χ2v) is 3.30. The summed E-state index contributed by atoms with van der Waals surface area (Å²) in [5, 5.41) is 7.96. The second-order valence-electron chi connectivity index (χ2n) is 3.30. The highest BCUT2D eigenvalue weighted by Gasteiger charge is 2.23. The molecule has 16 heavy (non-hydrogen) atoms. The lowest BCUT2D eigenvalue weighted by atomic mass is 10.2. The van der Waals surface area contributed by atoms with E-state index in [-0.39, 0.29) is 30.9 Å². The number of piperazine rings is 1. The van der Waals surface area contributed by atoms with Crippen molar-refractivity contribution in [1.82, 2.24) is 20.6 Å². The predicted octanol–water partition coefficient (Wildman–Crippen LogP) is -1.50. The Hall–Kier alpha value is -2.02. The van der Waals surface area contributed by atoms with Crippen molar-refractivity contribution in [2.45, 2.75) is 6.04 Å². The van der Waals surface area contributed by atoms with Gasteiger partial charge in [0.2, 0.25) is 17.8 Å². The Bertz CT molecular complexity index is 384. The molecule has 7 nitrogen and oxygen atoms in total. The third kappa shape index (κ3) is 2.51. The van der Waals surface area contributed by atoms with E-state index in [4.69, 9.17) is 0 Å². The highest BCUT2D eigenvalue weighted by atomic mass is 16.2. The Morgan fingerprint density at radius 3 is 2.81 bits per heavy atom. The van der Waals surface area contributed by atoms with Crippen LogP contribution in [0.4, 0.5) is 5.95 Å². The zero-order chi connectivity index (χ0) is 11.4. The van der Waals surface area contributed by atoms with E-state index in [0.29, 0.717) is 0 Å². The van der Waals surface area contributed by atoms with E-state index in [2.05, 4.69) is 25.9 Å². The molecule has 3 N–H and O–H groups in total. The van der Waals surface area contributed by atoms with Crippen LogP contribution in [0.3, 0.4) is 0 Å². The standard InChI is InChI=1S/C9H11N5O2/c15-7-5-12-6(4-13-7)8(16)14-9-10-2-1-3-11-9/h1-3,6,12H,4-5H2,(H,13,15)(H,10,11,14,16). The number of hydrogen-bond acceptors (Lipinski definition) is 5. The van der Waals surface area contributed by atoms with Gasteiger partial charge >= 0.3 is 0 Å². The summed E-state index contributed by atoms with van der Waals surface area (Å²) in [7, 11) is 0. The molecule has 2 amide bonds. The van der Waals surface area contributed by atoms with E-state index in [0.717, 1.165) is 0 Å². The third-order valence-electron chi connectivity index (χ3n) is 2.13. The van der Waals surface area contributed by atoms with Crippen LogP contribution in [-0.4, -0.2) is 40.9 Å². The fraction of sp³-hybridized carbons (Fsp3) is 0.333. The molecule has 1 aliphatic heterocycles. The fourth-order valence-electron chi connectivity index (χ4n) is 1.31. The van der Waals surface area contributed by atoms with E-state index < -0.39 is 6.04 Å². The van der Waals surface area contributed by atoms with Crippen molar-refractivity contribution < 1.29 is 9.59 Å². The summed E-state index contributed by atoms with van der Waals surface area (Å²) in [6, 6.07) is 1.22. The fourth-order valence-corrected chi connectivity index (χ4v) is 1.31. The Labute approximate surface area is 91.7 Å². The highest BCUT2D eigenvalue weighted by Crippen LogP contribution is 1.97.